The molecule has 2 N–H and O–H groups in total. The summed E-state index contributed by atoms with van der Waals surface area (Å²) in [6.07, 6.45) is 0.746. The average molecular weight is 472 g/mol. The van der Waals surface area contributed by atoms with Crippen molar-refractivity contribution in [1.29, 1.82) is 0 Å². The molecule has 3 heterocycles. The summed E-state index contributed by atoms with van der Waals surface area (Å²) in [6, 6.07) is 5.36. The van der Waals surface area contributed by atoms with Crippen molar-refractivity contribution >= 4 is 16.8 Å². The van der Waals surface area contributed by atoms with Crippen LogP contribution in [0.2, 0.25) is 0 Å². The summed E-state index contributed by atoms with van der Waals surface area (Å²) in [5, 5.41) is 0.368. The maximum atomic E-state index is 13.6. The van der Waals surface area contributed by atoms with E-state index in [2.05, 4.69) is 9.97 Å². The van der Waals surface area contributed by atoms with Gasteiger partial charge in [0.15, 0.2) is 11.5 Å². The van der Waals surface area contributed by atoms with E-state index < -0.39 is 11.9 Å². The number of carbonyl (C=O) groups excluding carboxylic acids is 1. The second-order valence-electron chi connectivity index (χ2n) is 9.69. The predicted octanol–water partition coefficient (Wildman–Crippen LogP) is 4.53. The number of hydrogen-bond donors (Lipinski definition) is 1. The molecule has 0 atom stereocenters. The van der Waals surface area contributed by atoms with Crippen molar-refractivity contribution in [2.45, 2.75) is 50.4 Å². The Morgan fingerprint density at radius 1 is 1.18 bits per heavy atom. The summed E-state index contributed by atoms with van der Waals surface area (Å²) in [7, 11) is 1.36. The molecule has 2 spiro atoms. The first-order valence-corrected chi connectivity index (χ1v) is 11.3. The van der Waals surface area contributed by atoms with Crippen molar-refractivity contribution in [1.82, 2.24) is 14.9 Å². The molecule has 3 aromatic rings. The Morgan fingerprint density at radius 3 is 2.56 bits per heavy atom. The second-order valence-corrected chi connectivity index (χ2v) is 9.69. The lowest BCUT2D eigenvalue weighted by Gasteiger charge is -2.23. The zero-order chi connectivity index (χ0) is 23.9. The molecule has 2 aliphatic carbocycles. The van der Waals surface area contributed by atoms with Crippen molar-refractivity contribution < 1.29 is 27.1 Å². The van der Waals surface area contributed by atoms with Gasteiger partial charge in [-0.05, 0) is 61.8 Å². The molecule has 178 valence electrons. The third-order valence-corrected chi connectivity index (χ3v) is 7.45. The van der Waals surface area contributed by atoms with E-state index in [9.17, 15) is 18.0 Å². The van der Waals surface area contributed by atoms with Gasteiger partial charge in [-0.2, -0.15) is 13.2 Å². The Morgan fingerprint density at radius 2 is 1.94 bits per heavy atom. The van der Waals surface area contributed by atoms with Crippen LogP contribution in [-0.2, 0) is 12.7 Å². The minimum absolute atomic E-state index is 0.0232. The summed E-state index contributed by atoms with van der Waals surface area (Å²) in [5.74, 6) is 0.376. The fourth-order valence-corrected chi connectivity index (χ4v) is 5.34. The molecule has 0 unspecified atom stereocenters. The molecule has 2 aromatic heterocycles. The zero-order valence-corrected chi connectivity index (χ0v) is 18.5. The van der Waals surface area contributed by atoms with E-state index in [0.717, 1.165) is 44.7 Å². The lowest BCUT2D eigenvalue weighted by molar-refractivity contribution is -0.140. The maximum Gasteiger partial charge on any atom is 0.433 e. The quantitative estimate of drug-likeness (QED) is 0.599. The molecular weight excluding hydrogens is 449 g/mol. The standard InChI is InChI=1S/C24H23F3N4O3/c1-33-15-4-2-14(13-3-5-17(24(25,26)27)29-18(13)15)20-30-19(16(10-28)34-20)21(32)31-12-22(6-7-22)11-23(31)8-9-23/h2-5H,6-12,28H2,1H3. The summed E-state index contributed by atoms with van der Waals surface area (Å²) in [6.45, 7) is 0.707. The molecule has 3 fully saturated rings. The number of pyridine rings is 1. The van der Waals surface area contributed by atoms with Gasteiger partial charge >= 0.3 is 6.18 Å². The Labute approximate surface area is 193 Å². The third kappa shape index (κ3) is 3.19. The van der Waals surface area contributed by atoms with Crippen LogP contribution in [0.1, 0.15) is 54.0 Å². The van der Waals surface area contributed by atoms with Crippen LogP contribution in [0.5, 0.6) is 5.75 Å². The monoisotopic (exact) mass is 472 g/mol. The van der Waals surface area contributed by atoms with E-state index in [1.807, 2.05) is 4.90 Å². The SMILES string of the molecule is COc1ccc(-c2nc(C(=O)N3CC4(CC4)CC34CC4)c(CN)o2)c2ccc(C(F)(F)F)nc12. The highest BCUT2D eigenvalue weighted by atomic mass is 19.4. The fraction of sp³-hybridized carbons (Fsp3) is 0.458. The normalized spacial score (nSPS) is 19.9. The van der Waals surface area contributed by atoms with E-state index in [-0.39, 0.29) is 52.0 Å². The molecule has 0 radical (unpaired) electrons. The van der Waals surface area contributed by atoms with Crippen molar-refractivity contribution in [3.05, 3.63) is 41.4 Å². The number of alkyl halides is 3. The van der Waals surface area contributed by atoms with Crippen molar-refractivity contribution in [3.8, 4) is 17.2 Å². The molecule has 3 aliphatic rings. The molecule has 1 amide bonds. The Bertz CT molecular complexity index is 1320. The van der Waals surface area contributed by atoms with Crippen LogP contribution in [0.25, 0.3) is 22.4 Å². The highest BCUT2D eigenvalue weighted by Gasteiger charge is 2.65. The maximum absolute atomic E-state index is 13.6. The van der Waals surface area contributed by atoms with Crippen molar-refractivity contribution in [2.24, 2.45) is 11.1 Å². The number of ether oxygens (including phenoxy) is 1. The lowest BCUT2D eigenvalue weighted by Crippen LogP contribution is -2.38. The second kappa shape index (κ2) is 6.94. The number of hydrogen-bond acceptors (Lipinski definition) is 6. The molecule has 1 saturated heterocycles. The van der Waals surface area contributed by atoms with Crippen molar-refractivity contribution in [2.75, 3.05) is 13.7 Å². The van der Waals surface area contributed by atoms with Gasteiger partial charge in [0.25, 0.3) is 5.91 Å². The van der Waals surface area contributed by atoms with Gasteiger partial charge in [0.1, 0.15) is 17.0 Å². The number of nitrogens with zero attached hydrogens (tertiary/aromatic N) is 3. The Balaban J connectivity index is 1.43. The third-order valence-electron chi connectivity index (χ3n) is 7.45. The van der Waals surface area contributed by atoms with Gasteiger partial charge in [-0.1, -0.05) is 0 Å². The number of amides is 1. The molecule has 1 aromatic carbocycles. The van der Waals surface area contributed by atoms with Gasteiger partial charge in [-0.25, -0.2) is 9.97 Å². The van der Waals surface area contributed by atoms with E-state index >= 15 is 0 Å². The summed E-state index contributed by atoms with van der Waals surface area (Å²) in [4.78, 5) is 23.8. The first-order chi connectivity index (χ1) is 16.2. The molecule has 0 bridgehead atoms. The Kier molecular flexibility index (Phi) is 4.37. The number of fused-ring (bicyclic) bond motifs is 1. The number of carbonyl (C=O) groups is 1. The smallest absolute Gasteiger partial charge is 0.433 e. The molecule has 1 aliphatic heterocycles. The minimum Gasteiger partial charge on any atom is -0.494 e. The predicted molar refractivity (Wildman–Crippen MR) is 116 cm³/mol. The van der Waals surface area contributed by atoms with Gasteiger partial charge in [0.05, 0.1) is 13.7 Å². The van der Waals surface area contributed by atoms with Gasteiger partial charge in [-0.3, -0.25) is 4.79 Å². The molecular formula is C24H23F3N4O3. The van der Waals surface area contributed by atoms with Gasteiger partial charge < -0.3 is 19.8 Å². The number of oxazole rings is 1. The zero-order valence-electron chi connectivity index (χ0n) is 18.5. The summed E-state index contributed by atoms with van der Waals surface area (Å²) < 4.78 is 50.9. The number of methoxy groups -OCH3 is 1. The average Bonchev–Trinajstić information content (AvgIpc) is 3.68. The van der Waals surface area contributed by atoms with Crippen LogP contribution in [0, 0.1) is 5.41 Å². The topological polar surface area (TPSA) is 94.5 Å². The van der Waals surface area contributed by atoms with Crippen LogP contribution in [0.4, 0.5) is 13.2 Å². The number of aromatic nitrogens is 2. The largest absolute Gasteiger partial charge is 0.494 e. The lowest BCUT2D eigenvalue weighted by atomic mass is 10.0. The first-order valence-electron chi connectivity index (χ1n) is 11.3. The highest BCUT2D eigenvalue weighted by molar-refractivity contribution is 5.98. The molecule has 2 saturated carbocycles. The number of likely N-dealkylation sites (tertiary alicyclic amines) is 1. The van der Waals surface area contributed by atoms with E-state index in [0.29, 0.717) is 10.9 Å². The van der Waals surface area contributed by atoms with Gasteiger partial charge in [0.2, 0.25) is 5.89 Å². The minimum atomic E-state index is -4.60. The highest BCUT2D eigenvalue weighted by Crippen LogP contribution is 2.65. The van der Waals surface area contributed by atoms with E-state index in [1.165, 1.54) is 19.2 Å². The van der Waals surface area contributed by atoms with Crippen molar-refractivity contribution in [3.63, 3.8) is 0 Å². The fourth-order valence-electron chi connectivity index (χ4n) is 5.34. The summed E-state index contributed by atoms with van der Waals surface area (Å²) >= 11 is 0. The number of rotatable bonds is 4. The van der Waals surface area contributed by atoms with Crippen LogP contribution < -0.4 is 10.5 Å². The number of halogens is 3. The Hall–Kier alpha value is -3.14. The number of nitrogens with two attached hydrogens (primary N) is 1. The first kappa shape index (κ1) is 21.4. The number of benzene rings is 1. The summed E-state index contributed by atoms with van der Waals surface area (Å²) in [5.41, 5.74) is 5.67. The molecule has 10 heteroatoms. The van der Waals surface area contributed by atoms with E-state index in [1.54, 1.807) is 6.07 Å². The van der Waals surface area contributed by atoms with E-state index in [4.69, 9.17) is 14.9 Å². The van der Waals surface area contributed by atoms with Crippen LogP contribution in [0.15, 0.2) is 28.7 Å². The molecule has 7 nitrogen and oxygen atoms in total. The molecule has 34 heavy (non-hydrogen) atoms. The molecule has 6 rings (SSSR count). The van der Waals surface area contributed by atoms with Gasteiger partial charge in [-0.15, -0.1) is 0 Å². The van der Waals surface area contributed by atoms with Gasteiger partial charge in [0, 0.05) is 23.0 Å². The van der Waals surface area contributed by atoms with Crippen LogP contribution in [0.3, 0.4) is 0 Å². The van der Waals surface area contributed by atoms with Crippen LogP contribution in [-0.4, -0.2) is 40.0 Å². The van der Waals surface area contributed by atoms with Crippen LogP contribution >= 0.6 is 0 Å².